The Bertz CT molecular complexity index is 909. The van der Waals surface area contributed by atoms with E-state index in [1.807, 2.05) is 42.5 Å². The monoisotopic (exact) mass is 310 g/mol. The van der Waals surface area contributed by atoms with Gasteiger partial charge in [0, 0.05) is 11.8 Å². The van der Waals surface area contributed by atoms with Crippen molar-refractivity contribution in [1.82, 2.24) is 9.55 Å². The van der Waals surface area contributed by atoms with E-state index in [2.05, 4.69) is 4.98 Å². The molecule has 0 amide bonds. The second kappa shape index (κ2) is 5.24. The number of aromatic nitrogens is 2. The molecule has 1 N–H and O–H groups in total. The van der Waals surface area contributed by atoms with Gasteiger partial charge in [0.2, 0.25) is 6.79 Å². The lowest BCUT2D eigenvalue weighted by molar-refractivity contribution is 0.174. The van der Waals surface area contributed by atoms with Crippen LogP contribution in [0.1, 0.15) is 0 Å². The van der Waals surface area contributed by atoms with Gasteiger partial charge < -0.3 is 19.2 Å². The standard InChI is InChI=1S/C17H14N2O4/c1-21-13-5-3-12(4-6-13)19-9-14(18-17(19)20)11-2-7-15-16(8-11)23-10-22-15/h2-9H,10H2,1H3,(H,18,20). The average Bonchev–Trinajstić information content (AvgIpc) is 3.20. The first-order valence-corrected chi connectivity index (χ1v) is 7.11. The molecule has 116 valence electrons. The molecular weight excluding hydrogens is 296 g/mol. The summed E-state index contributed by atoms with van der Waals surface area (Å²) in [6.45, 7) is 0.224. The summed E-state index contributed by atoms with van der Waals surface area (Å²) in [5.74, 6) is 2.14. The predicted molar refractivity (Wildman–Crippen MR) is 84.5 cm³/mol. The zero-order valence-electron chi connectivity index (χ0n) is 12.4. The molecule has 0 fully saturated rings. The molecule has 0 unspecified atom stereocenters. The molecule has 3 aromatic rings. The quantitative estimate of drug-likeness (QED) is 0.807. The van der Waals surface area contributed by atoms with Gasteiger partial charge >= 0.3 is 5.69 Å². The van der Waals surface area contributed by atoms with Crippen molar-refractivity contribution in [3.8, 4) is 34.2 Å². The van der Waals surface area contributed by atoms with Gasteiger partial charge in [-0.1, -0.05) is 0 Å². The highest BCUT2D eigenvalue weighted by Gasteiger charge is 2.15. The average molecular weight is 310 g/mol. The van der Waals surface area contributed by atoms with Crippen molar-refractivity contribution >= 4 is 0 Å². The lowest BCUT2D eigenvalue weighted by atomic mass is 10.1. The molecule has 0 bridgehead atoms. The molecule has 1 aromatic heterocycles. The van der Waals surface area contributed by atoms with Crippen LogP contribution in [0.5, 0.6) is 17.2 Å². The van der Waals surface area contributed by atoms with Crippen molar-refractivity contribution in [2.24, 2.45) is 0 Å². The molecular formula is C17H14N2O4. The molecule has 0 saturated carbocycles. The SMILES string of the molecule is COc1ccc(-n2cc(-c3ccc4c(c3)OCO4)[nH]c2=O)cc1. The van der Waals surface area contributed by atoms with Gasteiger partial charge in [0.25, 0.3) is 0 Å². The second-order valence-corrected chi connectivity index (χ2v) is 5.11. The minimum Gasteiger partial charge on any atom is -0.497 e. The molecule has 0 atom stereocenters. The number of aromatic amines is 1. The van der Waals surface area contributed by atoms with Gasteiger partial charge in [-0.2, -0.15) is 0 Å². The topological polar surface area (TPSA) is 65.5 Å². The van der Waals surface area contributed by atoms with Crippen molar-refractivity contribution in [3.05, 3.63) is 59.1 Å². The van der Waals surface area contributed by atoms with Gasteiger partial charge in [0.05, 0.1) is 18.5 Å². The van der Waals surface area contributed by atoms with Crippen LogP contribution < -0.4 is 19.9 Å². The highest BCUT2D eigenvalue weighted by Crippen LogP contribution is 2.35. The van der Waals surface area contributed by atoms with E-state index >= 15 is 0 Å². The van der Waals surface area contributed by atoms with Crippen LogP contribution in [-0.2, 0) is 0 Å². The second-order valence-electron chi connectivity index (χ2n) is 5.11. The molecule has 0 saturated heterocycles. The van der Waals surface area contributed by atoms with E-state index in [0.717, 1.165) is 17.0 Å². The Balaban J connectivity index is 1.73. The number of nitrogens with zero attached hydrogens (tertiary/aromatic N) is 1. The summed E-state index contributed by atoms with van der Waals surface area (Å²) in [7, 11) is 1.61. The van der Waals surface area contributed by atoms with Gasteiger partial charge in [-0.3, -0.25) is 4.57 Å². The zero-order chi connectivity index (χ0) is 15.8. The Hall–Kier alpha value is -3.15. The van der Waals surface area contributed by atoms with Crippen molar-refractivity contribution < 1.29 is 14.2 Å². The van der Waals surface area contributed by atoms with E-state index in [1.165, 1.54) is 0 Å². The van der Waals surface area contributed by atoms with Crippen molar-refractivity contribution in [1.29, 1.82) is 0 Å². The third-order valence-corrected chi connectivity index (χ3v) is 3.75. The highest BCUT2D eigenvalue weighted by atomic mass is 16.7. The number of rotatable bonds is 3. The van der Waals surface area contributed by atoms with Gasteiger partial charge in [0.1, 0.15) is 5.75 Å². The number of methoxy groups -OCH3 is 1. The number of benzene rings is 2. The Labute approximate surface area is 131 Å². The number of H-pyrrole nitrogens is 1. The molecule has 0 aliphatic carbocycles. The van der Waals surface area contributed by atoms with Crippen LogP contribution in [0.25, 0.3) is 16.9 Å². The van der Waals surface area contributed by atoms with Crippen LogP contribution in [0.3, 0.4) is 0 Å². The smallest absolute Gasteiger partial charge is 0.330 e. The van der Waals surface area contributed by atoms with Crippen LogP contribution in [-0.4, -0.2) is 23.5 Å². The van der Waals surface area contributed by atoms with Crippen LogP contribution >= 0.6 is 0 Å². The lowest BCUT2D eigenvalue weighted by Gasteiger charge is -2.03. The third-order valence-electron chi connectivity index (χ3n) is 3.75. The molecule has 0 spiro atoms. The number of nitrogens with one attached hydrogen (secondary N) is 1. The predicted octanol–water partition coefficient (Wildman–Crippen LogP) is 2.57. The number of ether oxygens (including phenoxy) is 3. The Morgan fingerprint density at radius 2 is 1.87 bits per heavy atom. The van der Waals surface area contributed by atoms with Gasteiger partial charge in [0.15, 0.2) is 11.5 Å². The Morgan fingerprint density at radius 3 is 2.65 bits per heavy atom. The first-order chi connectivity index (χ1) is 11.2. The molecule has 6 heteroatoms. The molecule has 1 aliphatic rings. The molecule has 23 heavy (non-hydrogen) atoms. The van der Waals surface area contributed by atoms with Gasteiger partial charge in [-0.05, 0) is 42.5 Å². The maximum atomic E-state index is 12.2. The first kappa shape index (κ1) is 13.5. The van der Waals surface area contributed by atoms with E-state index in [1.54, 1.807) is 17.9 Å². The highest BCUT2D eigenvalue weighted by molar-refractivity contribution is 5.64. The summed E-state index contributed by atoms with van der Waals surface area (Å²) in [5, 5.41) is 0. The normalized spacial score (nSPS) is 12.4. The maximum absolute atomic E-state index is 12.2. The minimum absolute atomic E-state index is 0.206. The summed E-state index contributed by atoms with van der Waals surface area (Å²) in [5.41, 5.74) is 2.13. The fraction of sp³-hybridized carbons (Fsp3) is 0.118. The number of hydrogen-bond donors (Lipinski definition) is 1. The lowest BCUT2D eigenvalue weighted by Crippen LogP contribution is -2.13. The summed E-state index contributed by atoms with van der Waals surface area (Å²) < 4.78 is 17.4. The fourth-order valence-electron chi connectivity index (χ4n) is 2.54. The number of imidazole rings is 1. The van der Waals surface area contributed by atoms with Crippen LogP contribution in [0, 0.1) is 0 Å². The van der Waals surface area contributed by atoms with Gasteiger partial charge in [-0.15, -0.1) is 0 Å². The summed E-state index contributed by atoms with van der Waals surface area (Å²) >= 11 is 0. The van der Waals surface area contributed by atoms with Crippen LogP contribution in [0.4, 0.5) is 0 Å². The molecule has 6 nitrogen and oxygen atoms in total. The van der Waals surface area contributed by atoms with E-state index in [9.17, 15) is 4.79 Å². The zero-order valence-corrected chi connectivity index (χ0v) is 12.4. The number of fused-ring (bicyclic) bond motifs is 1. The molecule has 4 rings (SSSR count). The van der Waals surface area contributed by atoms with E-state index in [4.69, 9.17) is 14.2 Å². The minimum atomic E-state index is -0.206. The molecule has 2 heterocycles. The molecule has 2 aromatic carbocycles. The summed E-state index contributed by atoms with van der Waals surface area (Å²) in [6, 6.07) is 12.9. The van der Waals surface area contributed by atoms with Crippen molar-refractivity contribution in [3.63, 3.8) is 0 Å². The summed E-state index contributed by atoms with van der Waals surface area (Å²) in [4.78, 5) is 15.1. The maximum Gasteiger partial charge on any atom is 0.330 e. The van der Waals surface area contributed by atoms with Crippen molar-refractivity contribution in [2.75, 3.05) is 13.9 Å². The third kappa shape index (κ3) is 2.34. The first-order valence-electron chi connectivity index (χ1n) is 7.11. The van der Waals surface area contributed by atoms with Crippen LogP contribution in [0.2, 0.25) is 0 Å². The van der Waals surface area contributed by atoms with E-state index < -0.39 is 0 Å². The molecule has 0 radical (unpaired) electrons. The van der Waals surface area contributed by atoms with Crippen LogP contribution in [0.15, 0.2) is 53.5 Å². The fourth-order valence-corrected chi connectivity index (χ4v) is 2.54. The number of hydrogen-bond acceptors (Lipinski definition) is 4. The van der Waals surface area contributed by atoms with Gasteiger partial charge in [-0.25, -0.2) is 4.79 Å². The largest absolute Gasteiger partial charge is 0.497 e. The Kier molecular flexibility index (Phi) is 3.08. The van der Waals surface area contributed by atoms with Crippen molar-refractivity contribution in [2.45, 2.75) is 0 Å². The molecule has 1 aliphatic heterocycles. The Morgan fingerprint density at radius 1 is 1.09 bits per heavy atom. The van der Waals surface area contributed by atoms with E-state index in [-0.39, 0.29) is 12.5 Å². The van der Waals surface area contributed by atoms with E-state index in [0.29, 0.717) is 17.2 Å². The summed E-state index contributed by atoms with van der Waals surface area (Å²) in [6.07, 6.45) is 1.77.